The van der Waals surface area contributed by atoms with Crippen molar-refractivity contribution in [2.75, 3.05) is 0 Å². The van der Waals surface area contributed by atoms with Crippen molar-refractivity contribution in [3.63, 3.8) is 0 Å². The lowest BCUT2D eigenvalue weighted by Gasteiger charge is -2.11. The van der Waals surface area contributed by atoms with Gasteiger partial charge < -0.3 is 5.73 Å². The Balaban J connectivity index is 1.80. The molecule has 1 aliphatic rings. The van der Waals surface area contributed by atoms with Crippen LogP contribution in [0.5, 0.6) is 0 Å². The largest absolute Gasteiger partial charge is 0.321 e. The summed E-state index contributed by atoms with van der Waals surface area (Å²) in [7, 11) is 0. The molecule has 2 aromatic carbocycles. The topological polar surface area (TPSA) is 38.9 Å². The molecule has 0 bridgehead atoms. The predicted molar refractivity (Wildman–Crippen MR) is 97.4 cm³/mol. The quantitative estimate of drug-likeness (QED) is 0.725. The van der Waals surface area contributed by atoms with Crippen molar-refractivity contribution < 1.29 is 0 Å². The molecule has 3 heteroatoms. The Hall–Kier alpha value is -2.16. The third-order valence-electron chi connectivity index (χ3n) is 4.56. The minimum absolute atomic E-state index is 0.105. The van der Waals surface area contributed by atoms with E-state index in [9.17, 15) is 0 Å². The summed E-state index contributed by atoms with van der Waals surface area (Å²) in [5.74, 6) is 0. The van der Waals surface area contributed by atoms with E-state index in [4.69, 9.17) is 22.3 Å². The van der Waals surface area contributed by atoms with Gasteiger partial charge in [-0.2, -0.15) is 0 Å². The van der Waals surface area contributed by atoms with Gasteiger partial charge in [0.2, 0.25) is 0 Å². The fourth-order valence-corrected chi connectivity index (χ4v) is 3.14. The van der Waals surface area contributed by atoms with Crippen LogP contribution in [0.1, 0.15) is 24.0 Å². The van der Waals surface area contributed by atoms with E-state index in [1.807, 2.05) is 30.3 Å². The van der Waals surface area contributed by atoms with Crippen LogP contribution < -0.4 is 5.73 Å². The van der Waals surface area contributed by atoms with Gasteiger partial charge in [-0.3, -0.25) is 0 Å². The highest BCUT2D eigenvalue weighted by atomic mass is 35.5. The van der Waals surface area contributed by atoms with Crippen LogP contribution in [-0.2, 0) is 5.54 Å². The van der Waals surface area contributed by atoms with Crippen LogP contribution in [0, 0.1) is 0 Å². The maximum Gasteiger partial charge on any atom is 0.0730 e. The Labute approximate surface area is 140 Å². The minimum atomic E-state index is -0.105. The van der Waals surface area contributed by atoms with Gasteiger partial charge in [0.05, 0.1) is 16.2 Å². The average molecular weight is 321 g/mol. The average Bonchev–Trinajstić information content (AvgIpc) is 3.33. The maximum absolute atomic E-state index is 6.44. The van der Waals surface area contributed by atoms with Crippen molar-refractivity contribution >= 4 is 28.6 Å². The summed E-state index contributed by atoms with van der Waals surface area (Å²) < 4.78 is 0. The molecule has 2 nitrogen and oxygen atoms in total. The van der Waals surface area contributed by atoms with Crippen LogP contribution in [0.4, 0.5) is 0 Å². The number of nitrogens with zero attached hydrogens (tertiary/aromatic N) is 1. The van der Waals surface area contributed by atoms with E-state index in [-0.39, 0.29) is 5.54 Å². The second kappa shape index (κ2) is 5.19. The fourth-order valence-electron chi connectivity index (χ4n) is 2.87. The zero-order valence-electron chi connectivity index (χ0n) is 12.7. The van der Waals surface area contributed by atoms with E-state index in [0.29, 0.717) is 5.02 Å². The summed E-state index contributed by atoms with van der Waals surface area (Å²) in [5.41, 5.74) is 11.2. The molecular formula is C20H17ClN2. The number of hydrogen-bond acceptors (Lipinski definition) is 2. The Morgan fingerprint density at radius 3 is 2.48 bits per heavy atom. The van der Waals surface area contributed by atoms with E-state index < -0.39 is 0 Å². The third-order valence-corrected chi connectivity index (χ3v) is 4.88. The van der Waals surface area contributed by atoms with Gasteiger partial charge in [0, 0.05) is 16.5 Å². The second-order valence-corrected chi connectivity index (χ2v) is 6.61. The van der Waals surface area contributed by atoms with E-state index in [0.717, 1.165) is 40.6 Å². The molecule has 0 saturated heterocycles. The van der Waals surface area contributed by atoms with Crippen LogP contribution in [0.2, 0.25) is 5.02 Å². The standard InChI is InChI=1S/C20H17ClN2/c1-2-13-3-8-16-17(21)12-18(23-19(16)11-13)14-4-6-15(7-5-14)20(22)9-10-20/h2-8,11-12H,1,9-10,22H2. The molecule has 2 N–H and O–H groups in total. The van der Waals surface area contributed by atoms with Gasteiger partial charge in [0.1, 0.15) is 0 Å². The zero-order chi connectivity index (χ0) is 16.0. The van der Waals surface area contributed by atoms with Crippen LogP contribution in [-0.4, -0.2) is 4.98 Å². The first-order chi connectivity index (χ1) is 11.1. The Morgan fingerprint density at radius 2 is 1.83 bits per heavy atom. The van der Waals surface area contributed by atoms with Gasteiger partial charge in [-0.25, -0.2) is 4.98 Å². The summed E-state index contributed by atoms with van der Waals surface area (Å²) >= 11 is 6.44. The number of hydrogen-bond donors (Lipinski definition) is 1. The Morgan fingerprint density at radius 1 is 1.09 bits per heavy atom. The van der Waals surface area contributed by atoms with Crippen LogP contribution in [0.15, 0.2) is 55.1 Å². The van der Waals surface area contributed by atoms with E-state index >= 15 is 0 Å². The number of benzene rings is 2. The smallest absolute Gasteiger partial charge is 0.0730 e. The number of fused-ring (bicyclic) bond motifs is 1. The van der Waals surface area contributed by atoms with Crippen molar-refractivity contribution in [2.45, 2.75) is 18.4 Å². The van der Waals surface area contributed by atoms with Crippen molar-refractivity contribution in [1.29, 1.82) is 0 Å². The highest BCUT2D eigenvalue weighted by molar-refractivity contribution is 6.35. The van der Waals surface area contributed by atoms with Crippen LogP contribution in [0.3, 0.4) is 0 Å². The lowest BCUT2D eigenvalue weighted by molar-refractivity contribution is 0.740. The molecule has 0 amide bonds. The first-order valence-electron chi connectivity index (χ1n) is 7.72. The Kier molecular flexibility index (Phi) is 3.26. The molecule has 114 valence electrons. The monoisotopic (exact) mass is 320 g/mol. The molecule has 1 aliphatic carbocycles. The molecule has 0 unspecified atom stereocenters. The van der Waals surface area contributed by atoms with Gasteiger partial charge in [0.15, 0.2) is 0 Å². The van der Waals surface area contributed by atoms with Gasteiger partial charge >= 0.3 is 0 Å². The van der Waals surface area contributed by atoms with Crippen LogP contribution in [0.25, 0.3) is 28.2 Å². The third kappa shape index (κ3) is 2.54. The van der Waals surface area contributed by atoms with Crippen molar-refractivity contribution in [3.8, 4) is 11.3 Å². The number of nitrogens with two attached hydrogens (primary N) is 1. The molecule has 4 rings (SSSR count). The molecule has 0 atom stereocenters. The number of aromatic nitrogens is 1. The van der Waals surface area contributed by atoms with E-state index in [1.54, 1.807) is 0 Å². The first-order valence-corrected chi connectivity index (χ1v) is 8.09. The summed E-state index contributed by atoms with van der Waals surface area (Å²) in [4.78, 5) is 4.76. The van der Waals surface area contributed by atoms with Crippen LogP contribution >= 0.6 is 11.6 Å². The first kappa shape index (κ1) is 14.4. The normalized spacial score (nSPS) is 15.6. The minimum Gasteiger partial charge on any atom is -0.321 e. The second-order valence-electron chi connectivity index (χ2n) is 6.20. The van der Waals surface area contributed by atoms with E-state index in [1.165, 1.54) is 5.56 Å². The molecule has 1 saturated carbocycles. The highest BCUT2D eigenvalue weighted by Crippen LogP contribution is 2.43. The molecular weight excluding hydrogens is 304 g/mol. The summed E-state index contributed by atoms with van der Waals surface area (Å²) in [6, 6.07) is 16.2. The van der Waals surface area contributed by atoms with E-state index in [2.05, 4.69) is 30.8 Å². The molecule has 3 aromatic rings. The summed E-state index contributed by atoms with van der Waals surface area (Å²) in [6.45, 7) is 3.81. The Bertz CT molecular complexity index is 909. The number of halogens is 1. The van der Waals surface area contributed by atoms with Crippen molar-refractivity contribution in [1.82, 2.24) is 4.98 Å². The molecule has 1 heterocycles. The summed E-state index contributed by atoms with van der Waals surface area (Å²) in [5, 5.41) is 1.67. The van der Waals surface area contributed by atoms with Gasteiger partial charge in [0.25, 0.3) is 0 Å². The highest BCUT2D eigenvalue weighted by Gasteiger charge is 2.39. The zero-order valence-corrected chi connectivity index (χ0v) is 13.5. The summed E-state index contributed by atoms with van der Waals surface area (Å²) in [6.07, 6.45) is 3.94. The number of pyridine rings is 1. The molecule has 0 radical (unpaired) electrons. The molecule has 0 spiro atoms. The van der Waals surface area contributed by atoms with Gasteiger partial charge in [-0.15, -0.1) is 0 Å². The van der Waals surface area contributed by atoms with Crippen molar-refractivity contribution in [3.05, 3.63) is 71.3 Å². The molecule has 1 aromatic heterocycles. The molecule has 0 aliphatic heterocycles. The number of rotatable bonds is 3. The fraction of sp³-hybridized carbons (Fsp3) is 0.150. The molecule has 23 heavy (non-hydrogen) atoms. The van der Waals surface area contributed by atoms with Crippen molar-refractivity contribution in [2.24, 2.45) is 5.73 Å². The molecule has 1 fully saturated rings. The lowest BCUT2D eigenvalue weighted by atomic mass is 10.0. The van der Waals surface area contributed by atoms with Gasteiger partial charge in [-0.05, 0) is 36.1 Å². The lowest BCUT2D eigenvalue weighted by Crippen LogP contribution is -2.18. The maximum atomic E-state index is 6.44. The SMILES string of the molecule is C=Cc1ccc2c(Cl)cc(-c3ccc(C4(N)CC4)cc3)nc2c1. The van der Waals surface area contributed by atoms with Gasteiger partial charge in [-0.1, -0.05) is 60.7 Å². The predicted octanol–water partition coefficient (Wildman–Crippen LogP) is 5.15.